The Labute approximate surface area is 214 Å². The standard InChI is InChI=1S/C25H26N4O7S/c1-16(2)17-9-10-21(26-15-17)37(31,32)29-24-22(36-19-7-4-6-18(14-19)33-3)25(35-13-11-30)28-23(27-24)20-8-5-12-34-20/h4-10,12,14-16,30H,11,13H2,1-3H3,(H,27,28,29). The molecule has 0 radical (unpaired) electrons. The van der Waals surface area contributed by atoms with Crippen LogP contribution < -0.4 is 18.9 Å². The second kappa shape index (κ2) is 11.3. The number of rotatable bonds is 11. The van der Waals surface area contributed by atoms with Crippen LogP contribution in [0.15, 0.2) is 70.4 Å². The van der Waals surface area contributed by atoms with E-state index in [0.29, 0.717) is 11.5 Å². The number of aliphatic hydroxyl groups is 1. The number of nitrogens with zero attached hydrogens (tertiary/aromatic N) is 3. The third kappa shape index (κ3) is 6.16. The van der Waals surface area contributed by atoms with Gasteiger partial charge in [-0.25, -0.2) is 9.97 Å². The number of ether oxygens (including phenoxy) is 3. The van der Waals surface area contributed by atoms with Gasteiger partial charge in [-0.3, -0.25) is 4.72 Å². The lowest BCUT2D eigenvalue weighted by Crippen LogP contribution is -2.17. The fourth-order valence-electron chi connectivity index (χ4n) is 3.20. The number of sulfonamides is 1. The molecule has 2 N–H and O–H groups in total. The smallest absolute Gasteiger partial charge is 0.280 e. The predicted octanol–water partition coefficient (Wildman–Crippen LogP) is 4.23. The molecular formula is C25H26N4O7S. The molecule has 0 bridgehead atoms. The number of furan rings is 1. The van der Waals surface area contributed by atoms with Crippen LogP contribution in [-0.4, -0.2) is 48.8 Å². The highest BCUT2D eigenvalue weighted by atomic mass is 32.2. The van der Waals surface area contributed by atoms with E-state index < -0.39 is 10.0 Å². The third-order valence-corrected chi connectivity index (χ3v) is 6.35. The van der Waals surface area contributed by atoms with E-state index in [1.807, 2.05) is 13.8 Å². The molecule has 4 aromatic rings. The van der Waals surface area contributed by atoms with E-state index in [2.05, 4.69) is 19.7 Å². The van der Waals surface area contributed by atoms with Crippen molar-refractivity contribution in [3.63, 3.8) is 0 Å². The van der Waals surface area contributed by atoms with Gasteiger partial charge in [-0.15, -0.1) is 0 Å². The monoisotopic (exact) mass is 526 g/mol. The molecule has 194 valence electrons. The van der Waals surface area contributed by atoms with Crippen LogP contribution in [0.1, 0.15) is 25.3 Å². The Bertz CT molecular complexity index is 1440. The van der Waals surface area contributed by atoms with E-state index in [1.165, 1.54) is 25.6 Å². The SMILES string of the molecule is COc1cccc(Oc2c(NS(=O)(=O)c3ccc(C(C)C)cn3)nc(-c3ccco3)nc2OCCO)c1. The quantitative estimate of drug-likeness (QED) is 0.291. The Morgan fingerprint density at radius 1 is 1.08 bits per heavy atom. The summed E-state index contributed by atoms with van der Waals surface area (Å²) in [7, 11) is -2.69. The van der Waals surface area contributed by atoms with Crippen molar-refractivity contribution >= 4 is 15.8 Å². The molecule has 0 fully saturated rings. The summed E-state index contributed by atoms with van der Waals surface area (Å²) in [6.45, 7) is 3.52. The average Bonchev–Trinajstić information content (AvgIpc) is 3.44. The number of methoxy groups -OCH3 is 1. The van der Waals surface area contributed by atoms with E-state index in [1.54, 1.807) is 42.5 Å². The minimum absolute atomic E-state index is 0.0387. The van der Waals surface area contributed by atoms with Crippen LogP contribution in [0, 0.1) is 0 Å². The second-order valence-electron chi connectivity index (χ2n) is 8.05. The lowest BCUT2D eigenvalue weighted by atomic mass is 10.1. The Morgan fingerprint density at radius 3 is 2.54 bits per heavy atom. The van der Waals surface area contributed by atoms with E-state index in [9.17, 15) is 13.5 Å². The first-order chi connectivity index (χ1) is 17.8. The summed E-state index contributed by atoms with van der Waals surface area (Å²) in [5, 5.41) is 9.12. The van der Waals surface area contributed by atoms with Gasteiger partial charge >= 0.3 is 0 Å². The molecule has 0 aliphatic rings. The molecule has 0 spiro atoms. The van der Waals surface area contributed by atoms with Gasteiger partial charge in [0.05, 0.1) is 20.0 Å². The number of aliphatic hydroxyl groups excluding tert-OH is 1. The molecule has 11 nitrogen and oxygen atoms in total. The minimum Gasteiger partial charge on any atom is -0.497 e. The molecule has 0 aliphatic heterocycles. The van der Waals surface area contributed by atoms with Gasteiger partial charge in [0.2, 0.25) is 11.6 Å². The number of hydrogen-bond donors (Lipinski definition) is 2. The molecule has 3 aromatic heterocycles. The van der Waals surface area contributed by atoms with Crippen molar-refractivity contribution in [2.45, 2.75) is 24.8 Å². The van der Waals surface area contributed by atoms with Gasteiger partial charge in [0, 0.05) is 12.3 Å². The van der Waals surface area contributed by atoms with Crippen molar-refractivity contribution in [2.24, 2.45) is 0 Å². The van der Waals surface area contributed by atoms with Crippen molar-refractivity contribution in [2.75, 3.05) is 25.0 Å². The Kier molecular flexibility index (Phi) is 7.89. The van der Waals surface area contributed by atoms with E-state index in [4.69, 9.17) is 18.6 Å². The van der Waals surface area contributed by atoms with Crippen LogP contribution in [0.4, 0.5) is 5.82 Å². The highest BCUT2D eigenvalue weighted by molar-refractivity contribution is 7.92. The maximum absolute atomic E-state index is 13.3. The van der Waals surface area contributed by atoms with Gasteiger partial charge in [-0.1, -0.05) is 26.0 Å². The van der Waals surface area contributed by atoms with Crippen LogP contribution in [-0.2, 0) is 10.0 Å². The largest absolute Gasteiger partial charge is 0.497 e. The zero-order valence-electron chi connectivity index (χ0n) is 20.4. The Balaban J connectivity index is 1.82. The summed E-state index contributed by atoms with van der Waals surface area (Å²) in [6.07, 6.45) is 2.94. The first kappa shape index (κ1) is 25.9. The van der Waals surface area contributed by atoms with Gasteiger partial charge in [0.25, 0.3) is 15.9 Å². The van der Waals surface area contributed by atoms with Gasteiger partial charge in [-0.05, 0) is 41.8 Å². The van der Waals surface area contributed by atoms with E-state index >= 15 is 0 Å². The van der Waals surface area contributed by atoms with E-state index in [-0.39, 0.29) is 53.2 Å². The molecule has 4 rings (SSSR count). The van der Waals surface area contributed by atoms with Crippen molar-refractivity contribution in [3.05, 3.63) is 66.6 Å². The van der Waals surface area contributed by atoms with Gasteiger partial charge in [-0.2, -0.15) is 13.4 Å². The van der Waals surface area contributed by atoms with Crippen LogP contribution >= 0.6 is 0 Å². The molecule has 0 saturated carbocycles. The Morgan fingerprint density at radius 2 is 1.89 bits per heavy atom. The number of aromatic nitrogens is 3. The summed E-state index contributed by atoms with van der Waals surface area (Å²) in [6, 6.07) is 13.0. The molecule has 0 amide bonds. The van der Waals surface area contributed by atoms with Crippen molar-refractivity contribution in [1.82, 2.24) is 15.0 Å². The topological polar surface area (TPSA) is 146 Å². The lowest BCUT2D eigenvalue weighted by molar-refractivity contribution is 0.192. The van der Waals surface area contributed by atoms with Crippen molar-refractivity contribution < 1.29 is 32.2 Å². The minimum atomic E-state index is -4.20. The molecule has 0 unspecified atom stereocenters. The summed E-state index contributed by atoms with van der Waals surface area (Å²) in [5.41, 5.74) is 0.892. The molecule has 0 aliphatic carbocycles. The normalized spacial score (nSPS) is 11.4. The second-order valence-corrected chi connectivity index (χ2v) is 9.68. The number of benzene rings is 1. The molecule has 37 heavy (non-hydrogen) atoms. The van der Waals surface area contributed by atoms with Crippen molar-refractivity contribution in [3.8, 4) is 34.7 Å². The molecule has 0 saturated heterocycles. The fourth-order valence-corrected chi connectivity index (χ4v) is 4.14. The van der Waals surface area contributed by atoms with Crippen LogP contribution in [0.5, 0.6) is 23.1 Å². The summed E-state index contributed by atoms with van der Waals surface area (Å²) >= 11 is 0. The molecule has 1 aromatic carbocycles. The maximum Gasteiger partial charge on any atom is 0.280 e. The first-order valence-corrected chi connectivity index (χ1v) is 12.8. The number of pyridine rings is 1. The molecular weight excluding hydrogens is 500 g/mol. The number of hydrogen-bond acceptors (Lipinski definition) is 10. The molecule has 0 atom stereocenters. The average molecular weight is 527 g/mol. The highest BCUT2D eigenvalue weighted by Gasteiger charge is 2.26. The Hall–Kier alpha value is -4.16. The summed E-state index contributed by atoms with van der Waals surface area (Å²) < 4.78 is 51.3. The number of anilines is 1. The predicted molar refractivity (Wildman–Crippen MR) is 135 cm³/mol. The summed E-state index contributed by atoms with van der Waals surface area (Å²) in [5.74, 6) is 0.857. The van der Waals surface area contributed by atoms with Gasteiger partial charge < -0.3 is 23.7 Å². The maximum atomic E-state index is 13.3. The first-order valence-electron chi connectivity index (χ1n) is 11.3. The van der Waals surface area contributed by atoms with Crippen LogP contribution in [0.2, 0.25) is 0 Å². The van der Waals surface area contributed by atoms with Gasteiger partial charge in [0.15, 0.2) is 16.6 Å². The number of nitrogens with one attached hydrogen (secondary N) is 1. The molecule has 12 heteroatoms. The summed E-state index contributed by atoms with van der Waals surface area (Å²) in [4.78, 5) is 12.8. The van der Waals surface area contributed by atoms with Crippen LogP contribution in [0.3, 0.4) is 0 Å². The van der Waals surface area contributed by atoms with Crippen LogP contribution in [0.25, 0.3) is 11.6 Å². The fraction of sp³-hybridized carbons (Fsp3) is 0.240. The lowest BCUT2D eigenvalue weighted by Gasteiger charge is -2.17. The highest BCUT2D eigenvalue weighted by Crippen LogP contribution is 2.39. The van der Waals surface area contributed by atoms with E-state index in [0.717, 1.165) is 5.56 Å². The third-order valence-electron chi connectivity index (χ3n) is 5.10. The molecule has 3 heterocycles. The zero-order valence-corrected chi connectivity index (χ0v) is 21.2. The van der Waals surface area contributed by atoms with Gasteiger partial charge in [0.1, 0.15) is 18.1 Å². The van der Waals surface area contributed by atoms with Crippen molar-refractivity contribution in [1.29, 1.82) is 0 Å². The zero-order chi connectivity index (χ0) is 26.4.